The van der Waals surface area contributed by atoms with Gasteiger partial charge in [0, 0.05) is 0 Å². The second-order valence-corrected chi connectivity index (χ2v) is 7.34. The molecule has 0 N–H and O–H groups in total. The van der Waals surface area contributed by atoms with Crippen LogP contribution in [0.2, 0.25) is 0 Å². The van der Waals surface area contributed by atoms with Crippen molar-refractivity contribution in [2.45, 2.75) is 77.7 Å². The third-order valence-electron chi connectivity index (χ3n) is 4.78. The normalized spacial score (nSPS) is 11.9. The smallest absolute Gasteiger partial charge is 0.311 e. The molecule has 2 aromatic carbocycles. The van der Waals surface area contributed by atoms with Crippen molar-refractivity contribution in [2.24, 2.45) is 0 Å². The number of benzene rings is 2. The van der Waals surface area contributed by atoms with Crippen LogP contribution in [0.4, 0.5) is 0 Å². The first-order valence-corrected chi connectivity index (χ1v) is 10.5. The Labute approximate surface area is 168 Å². The van der Waals surface area contributed by atoms with Crippen LogP contribution >= 0.6 is 0 Å². The number of unbranched alkanes of at least 4 members (excludes halogenated alkanes) is 5. The van der Waals surface area contributed by atoms with Gasteiger partial charge in [-0.15, -0.1) is 0 Å². The molecule has 4 heteroatoms. The first kappa shape index (κ1) is 21.9. The Morgan fingerprint density at radius 1 is 0.857 bits per heavy atom. The van der Waals surface area contributed by atoms with E-state index >= 15 is 0 Å². The van der Waals surface area contributed by atoms with Crippen LogP contribution in [-0.4, -0.2) is 18.0 Å². The first-order valence-electron chi connectivity index (χ1n) is 10.5. The molecule has 1 unspecified atom stereocenters. The number of hydrogen-bond acceptors (Lipinski definition) is 4. The first-order chi connectivity index (χ1) is 13.6. The topological polar surface area (TPSA) is 52.6 Å². The van der Waals surface area contributed by atoms with Crippen LogP contribution in [0.25, 0.3) is 10.8 Å². The van der Waals surface area contributed by atoms with E-state index in [0.29, 0.717) is 5.75 Å². The van der Waals surface area contributed by atoms with Crippen molar-refractivity contribution < 1.29 is 19.1 Å². The van der Waals surface area contributed by atoms with Crippen LogP contribution in [0.5, 0.6) is 5.75 Å². The molecule has 0 aliphatic rings. The van der Waals surface area contributed by atoms with Gasteiger partial charge in [0.05, 0.1) is 18.9 Å². The molecule has 0 amide bonds. The van der Waals surface area contributed by atoms with Crippen LogP contribution in [-0.2, 0) is 14.3 Å². The molecule has 0 aliphatic heterocycles. The van der Waals surface area contributed by atoms with E-state index in [1.807, 2.05) is 43.3 Å². The second kappa shape index (κ2) is 12.2. The van der Waals surface area contributed by atoms with Crippen molar-refractivity contribution in [3.63, 3.8) is 0 Å². The quantitative estimate of drug-likeness (QED) is 0.248. The van der Waals surface area contributed by atoms with E-state index in [-0.39, 0.29) is 24.9 Å². The molecule has 0 aliphatic carbocycles. The van der Waals surface area contributed by atoms with Crippen molar-refractivity contribution in [3.05, 3.63) is 42.5 Å². The highest BCUT2D eigenvalue weighted by Crippen LogP contribution is 2.21. The van der Waals surface area contributed by atoms with Gasteiger partial charge in [-0.2, -0.15) is 0 Å². The van der Waals surface area contributed by atoms with Crippen molar-refractivity contribution in [3.8, 4) is 5.75 Å². The van der Waals surface area contributed by atoms with Gasteiger partial charge in [0.1, 0.15) is 5.75 Å². The number of hydrogen-bond donors (Lipinski definition) is 0. The highest BCUT2D eigenvalue weighted by atomic mass is 16.5. The molecule has 152 valence electrons. The standard InChI is InChI=1S/C24H32O4/c1-3-4-5-6-7-8-11-19(2)27-23(25)16-17-24(26)28-22-15-14-20-12-9-10-13-21(20)18-22/h9-10,12-15,18-19H,3-8,11,16-17H2,1-2H3. The number of esters is 2. The summed E-state index contributed by atoms with van der Waals surface area (Å²) in [6.07, 6.45) is 8.16. The van der Waals surface area contributed by atoms with E-state index in [4.69, 9.17) is 9.47 Å². The zero-order valence-electron chi connectivity index (χ0n) is 17.1. The van der Waals surface area contributed by atoms with Crippen molar-refractivity contribution >= 4 is 22.7 Å². The molecule has 0 radical (unpaired) electrons. The Hall–Kier alpha value is -2.36. The summed E-state index contributed by atoms with van der Waals surface area (Å²) in [4.78, 5) is 23.9. The van der Waals surface area contributed by atoms with Crippen LogP contribution < -0.4 is 4.74 Å². The summed E-state index contributed by atoms with van der Waals surface area (Å²) < 4.78 is 10.7. The summed E-state index contributed by atoms with van der Waals surface area (Å²) in [5, 5.41) is 2.10. The van der Waals surface area contributed by atoms with E-state index in [2.05, 4.69) is 6.92 Å². The van der Waals surface area contributed by atoms with Gasteiger partial charge in [-0.05, 0) is 42.7 Å². The SMILES string of the molecule is CCCCCCCCC(C)OC(=O)CCC(=O)Oc1ccc2ccccc2c1. The van der Waals surface area contributed by atoms with Gasteiger partial charge >= 0.3 is 11.9 Å². The van der Waals surface area contributed by atoms with Gasteiger partial charge in [0.25, 0.3) is 0 Å². The van der Waals surface area contributed by atoms with Crippen molar-refractivity contribution in [2.75, 3.05) is 0 Å². The average Bonchev–Trinajstić information content (AvgIpc) is 2.69. The molecule has 0 saturated carbocycles. The molecular weight excluding hydrogens is 352 g/mol. The van der Waals surface area contributed by atoms with Gasteiger partial charge in [-0.3, -0.25) is 9.59 Å². The molecule has 2 aromatic rings. The fourth-order valence-electron chi connectivity index (χ4n) is 3.17. The fraction of sp³-hybridized carbons (Fsp3) is 0.500. The largest absolute Gasteiger partial charge is 0.463 e. The summed E-state index contributed by atoms with van der Waals surface area (Å²) >= 11 is 0. The number of carbonyl (C=O) groups excluding carboxylic acids is 2. The Morgan fingerprint density at radius 3 is 2.32 bits per heavy atom. The second-order valence-electron chi connectivity index (χ2n) is 7.34. The molecular formula is C24H32O4. The van der Waals surface area contributed by atoms with Gasteiger partial charge < -0.3 is 9.47 Å². The number of fused-ring (bicyclic) bond motifs is 1. The number of rotatable bonds is 12. The summed E-state index contributed by atoms with van der Waals surface area (Å²) in [6.45, 7) is 4.12. The highest BCUT2D eigenvalue weighted by Gasteiger charge is 2.13. The third-order valence-corrected chi connectivity index (χ3v) is 4.78. The predicted molar refractivity (Wildman–Crippen MR) is 112 cm³/mol. The summed E-state index contributed by atoms with van der Waals surface area (Å²) in [5.74, 6) is -0.265. The highest BCUT2D eigenvalue weighted by molar-refractivity contribution is 5.85. The Kier molecular flexibility index (Phi) is 9.53. The summed E-state index contributed by atoms with van der Waals surface area (Å²) in [5.41, 5.74) is 0. The van der Waals surface area contributed by atoms with E-state index in [9.17, 15) is 9.59 Å². The average molecular weight is 385 g/mol. The van der Waals surface area contributed by atoms with Crippen LogP contribution in [0, 0.1) is 0 Å². The van der Waals surface area contributed by atoms with Gasteiger partial charge in [-0.1, -0.05) is 69.4 Å². The Morgan fingerprint density at radius 2 is 1.54 bits per heavy atom. The maximum atomic E-state index is 12.0. The van der Waals surface area contributed by atoms with Gasteiger partial charge in [0.2, 0.25) is 0 Å². The van der Waals surface area contributed by atoms with Crippen LogP contribution in [0.3, 0.4) is 0 Å². The Bertz CT molecular complexity index is 753. The maximum absolute atomic E-state index is 12.0. The maximum Gasteiger partial charge on any atom is 0.311 e. The van der Waals surface area contributed by atoms with Crippen LogP contribution in [0.15, 0.2) is 42.5 Å². The minimum atomic E-state index is -0.421. The minimum Gasteiger partial charge on any atom is -0.463 e. The Balaban J connectivity index is 1.63. The zero-order chi connectivity index (χ0) is 20.2. The van der Waals surface area contributed by atoms with E-state index < -0.39 is 5.97 Å². The molecule has 4 nitrogen and oxygen atoms in total. The molecule has 0 fully saturated rings. The summed E-state index contributed by atoms with van der Waals surface area (Å²) in [7, 11) is 0. The van der Waals surface area contributed by atoms with E-state index in [1.54, 1.807) is 6.07 Å². The van der Waals surface area contributed by atoms with Gasteiger partial charge in [-0.25, -0.2) is 0 Å². The molecule has 0 bridgehead atoms. The molecule has 0 heterocycles. The summed E-state index contributed by atoms with van der Waals surface area (Å²) in [6, 6.07) is 13.4. The lowest BCUT2D eigenvalue weighted by Gasteiger charge is -2.13. The van der Waals surface area contributed by atoms with E-state index in [0.717, 1.165) is 23.6 Å². The lowest BCUT2D eigenvalue weighted by molar-refractivity contribution is -0.151. The van der Waals surface area contributed by atoms with Crippen LogP contribution in [0.1, 0.15) is 71.6 Å². The van der Waals surface area contributed by atoms with E-state index in [1.165, 1.54) is 32.1 Å². The predicted octanol–water partition coefficient (Wildman–Crippen LogP) is 6.21. The molecule has 2 rings (SSSR count). The number of carbonyl (C=O) groups is 2. The molecule has 1 atom stereocenters. The molecule has 0 saturated heterocycles. The lowest BCUT2D eigenvalue weighted by atomic mass is 10.1. The number of ether oxygens (including phenoxy) is 2. The fourth-order valence-corrected chi connectivity index (χ4v) is 3.17. The molecule has 28 heavy (non-hydrogen) atoms. The zero-order valence-corrected chi connectivity index (χ0v) is 17.1. The monoisotopic (exact) mass is 384 g/mol. The third kappa shape index (κ3) is 8.12. The van der Waals surface area contributed by atoms with Gasteiger partial charge in [0.15, 0.2) is 0 Å². The van der Waals surface area contributed by atoms with Crippen molar-refractivity contribution in [1.82, 2.24) is 0 Å². The minimum absolute atomic E-state index is 0.0232. The lowest BCUT2D eigenvalue weighted by Crippen LogP contribution is -2.17. The molecule has 0 aromatic heterocycles. The van der Waals surface area contributed by atoms with Crippen molar-refractivity contribution in [1.29, 1.82) is 0 Å². The molecule has 0 spiro atoms.